The number of hydrogen-bond donors (Lipinski definition) is 2. The number of carboxylic acids is 1. The van der Waals surface area contributed by atoms with Crippen molar-refractivity contribution in [2.45, 2.75) is 13.0 Å². The smallest absolute Gasteiger partial charge is 0.305 e. The summed E-state index contributed by atoms with van der Waals surface area (Å²) in [6.45, 7) is 0.219. The molecule has 1 aromatic carbocycles. The second-order valence-electron chi connectivity index (χ2n) is 4.65. The zero-order valence-corrected chi connectivity index (χ0v) is 13.3. The quantitative estimate of drug-likeness (QED) is 0.737. The van der Waals surface area contributed by atoms with E-state index >= 15 is 0 Å². The molecule has 2 heterocycles. The van der Waals surface area contributed by atoms with Gasteiger partial charge in [0.1, 0.15) is 5.52 Å². The molecule has 3 aromatic rings. The molecule has 9 heteroatoms. The molecule has 0 aliphatic rings. The van der Waals surface area contributed by atoms with Crippen LogP contribution in [0.5, 0.6) is 0 Å². The maximum Gasteiger partial charge on any atom is 0.305 e. The SMILES string of the molecule is O=C(O)CCn1ccnc1NC(=O)c1nc2c(Cl)cccc2s1. The monoisotopic (exact) mass is 350 g/mol. The molecule has 0 spiro atoms. The molecule has 0 saturated heterocycles. The van der Waals surface area contributed by atoms with Crippen molar-refractivity contribution in [3.05, 3.63) is 40.6 Å². The number of benzene rings is 1. The highest BCUT2D eigenvalue weighted by molar-refractivity contribution is 7.20. The first kappa shape index (κ1) is 15.4. The number of nitrogens with zero attached hydrogens (tertiary/aromatic N) is 3. The van der Waals surface area contributed by atoms with E-state index in [1.54, 1.807) is 22.9 Å². The summed E-state index contributed by atoms with van der Waals surface area (Å²) in [6.07, 6.45) is 3.04. The highest BCUT2D eigenvalue weighted by Gasteiger charge is 2.16. The summed E-state index contributed by atoms with van der Waals surface area (Å²) < 4.78 is 2.38. The average Bonchev–Trinajstić information content (AvgIpc) is 3.12. The van der Waals surface area contributed by atoms with Crippen molar-refractivity contribution < 1.29 is 14.7 Å². The third-order valence-corrected chi connectivity index (χ3v) is 4.40. The topological polar surface area (TPSA) is 97.1 Å². The van der Waals surface area contributed by atoms with E-state index < -0.39 is 11.9 Å². The van der Waals surface area contributed by atoms with E-state index in [0.29, 0.717) is 10.5 Å². The minimum absolute atomic E-state index is 0.0595. The van der Waals surface area contributed by atoms with Gasteiger partial charge in [-0.25, -0.2) is 9.97 Å². The lowest BCUT2D eigenvalue weighted by Crippen LogP contribution is -2.16. The lowest BCUT2D eigenvalue weighted by molar-refractivity contribution is -0.137. The van der Waals surface area contributed by atoms with E-state index in [1.807, 2.05) is 6.07 Å². The molecule has 2 aromatic heterocycles. The van der Waals surface area contributed by atoms with Crippen LogP contribution in [0.2, 0.25) is 5.02 Å². The van der Waals surface area contributed by atoms with E-state index in [0.717, 1.165) is 4.70 Å². The number of amides is 1. The molecule has 2 N–H and O–H groups in total. The zero-order chi connectivity index (χ0) is 16.4. The molecule has 0 unspecified atom stereocenters. The summed E-state index contributed by atoms with van der Waals surface area (Å²) in [5.74, 6) is -1.05. The summed E-state index contributed by atoms with van der Waals surface area (Å²) in [5, 5.41) is 12.1. The van der Waals surface area contributed by atoms with Crippen molar-refractivity contribution in [2.75, 3.05) is 5.32 Å². The predicted molar refractivity (Wildman–Crippen MR) is 87.1 cm³/mol. The van der Waals surface area contributed by atoms with Gasteiger partial charge in [0.2, 0.25) is 5.95 Å². The first-order chi connectivity index (χ1) is 11.0. The fourth-order valence-corrected chi connectivity index (χ4v) is 3.16. The molecule has 0 aliphatic heterocycles. The Morgan fingerprint density at radius 2 is 2.22 bits per heavy atom. The van der Waals surface area contributed by atoms with Crippen molar-refractivity contribution in [3.63, 3.8) is 0 Å². The van der Waals surface area contributed by atoms with Gasteiger partial charge in [0.25, 0.3) is 5.91 Å². The maximum absolute atomic E-state index is 12.3. The lowest BCUT2D eigenvalue weighted by Gasteiger charge is -2.06. The van der Waals surface area contributed by atoms with Crippen LogP contribution in [0, 0.1) is 0 Å². The first-order valence-electron chi connectivity index (χ1n) is 6.64. The number of aliphatic carboxylic acids is 1. The maximum atomic E-state index is 12.3. The highest BCUT2D eigenvalue weighted by atomic mass is 35.5. The van der Waals surface area contributed by atoms with Gasteiger partial charge in [0.05, 0.1) is 16.1 Å². The molecule has 0 bridgehead atoms. The Bertz CT molecular complexity index is 889. The van der Waals surface area contributed by atoms with Gasteiger partial charge in [0, 0.05) is 18.9 Å². The highest BCUT2D eigenvalue weighted by Crippen LogP contribution is 2.28. The van der Waals surface area contributed by atoms with Gasteiger partial charge in [-0.3, -0.25) is 14.9 Å². The lowest BCUT2D eigenvalue weighted by atomic mass is 10.3. The average molecular weight is 351 g/mol. The molecule has 3 rings (SSSR count). The normalized spacial score (nSPS) is 10.8. The largest absolute Gasteiger partial charge is 0.481 e. The van der Waals surface area contributed by atoms with Crippen molar-refractivity contribution in [1.29, 1.82) is 0 Å². The molecular formula is C14H11ClN4O3S. The van der Waals surface area contributed by atoms with Crippen molar-refractivity contribution in [2.24, 2.45) is 0 Å². The molecular weight excluding hydrogens is 340 g/mol. The number of halogens is 1. The van der Waals surface area contributed by atoms with E-state index in [4.69, 9.17) is 16.7 Å². The van der Waals surface area contributed by atoms with Crippen LogP contribution < -0.4 is 5.32 Å². The number of nitrogens with one attached hydrogen (secondary N) is 1. The number of imidazole rings is 1. The summed E-state index contributed by atoms with van der Waals surface area (Å²) in [4.78, 5) is 31.2. The number of para-hydroxylation sites is 1. The number of carbonyl (C=O) groups excluding carboxylic acids is 1. The molecule has 0 atom stereocenters. The number of fused-ring (bicyclic) bond motifs is 1. The van der Waals surface area contributed by atoms with Crippen LogP contribution in [-0.4, -0.2) is 31.5 Å². The summed E-state index contributed by atoms with van der Waals surface area (Å²) in [7, 11) is 0. The van der Waals surface area contributed by atoms with E-state index in [1.165, 1.54) is 17.5 Å². The van der Waals surface area contributed by atoms with Gasteiger partial charge in [-0.15, -0.1) is 11.3 Å². The summed E-state index contributed by atoms with van der Waals surface area (Å²) in [6, 6.07) is 5.34. The fourth-order valence-electron chi connectivity index (χ4n) is 2.00. The van der Waals surface area contributed by atoms with Crippen LogP contribution >= 0.6 is 22.9 Å². The Morgan fingerprint density at radius 3 is 2.96 bits per heavy atom. The molecule has 118 valence electrons. The van der Waals surface area contributed by atoms with E-state index in [2.05, 4.69) is 15.3 Å². The van der Waals surface area contributed by atoms with Gasteiger partial charge >= 0.3 is 5.97 Å². The second kappa shape index (κ2) is 6.35. The van der Waals surface area contributed by atoms with Gasteiger partial charge in [-0.1, -0.05) is 17.7 Å². The number of aryl methyl sites for hydroxylation is 1. The number of thiazole rings is 1. The molecule has 0 aliphatic carbocycles. The first-order valence-corrected chi connectivity index (χ1v) is 7.83. The van der Waals surface area contributed by atoms with E-state index in [9.17, 15) is 9.59 Å². The molecule has 7 nitrogen and oxygen atoms in total. The van der Waals surface area contributed by atoms with E-state index in [-0.39, 0.29) is 23.9 Å². The minimum Gasteiger partial charge on any atom is -0.481 e. The Labute approximate surface area is 139 Å². The third-order valence-electron chi connectivity index (χ3n) is 3.07. The predicted octanol–water partition coefficient (Wildman–Crippen LogP) is 2.87. The molecule has 0 fully saturated rings. The minimum atomic E-state index is -0.920. The fraction of sp³-hybridized carbons (Fsp3) is 0.143. The molecule has 23 heavy (non-hydrogen) atoms. The summed E-state index contributed by atoms with van der Waals surface area (Å²) in [5.41, 5.74) is 0.582. The Balaban J connectivity index is 1.80. The van der Waals surface area contributed by atoms with Crippen LogP contribution in [0.25, 0.3) is 10.2 Å². The summed E-state index contributed by atoms with van der Waals surface area (Å²) >= 11 is 7.28. The number of carboxylic acid groups (broad SMARTS) is 1. The van der Waals surface area contributed by atoms with Crippen molar-refractivity contribution >= 4 is 51.0 Å². The number of anilines is 1. The van der Waals surface area contributed by atoms with Crippen molar-refractivity contribution in [3.8, 4) is 0 Å². The number of carbonyl (C=O) groups is 2. The zero-order valence-electron chi connectivity index (χ0n) is 11.7. The standard InChI is InChI=1S/C14H11ClN4O3S/c15-8-2-1-3-9-11(8)17-13(23-9)12(22)18-14-16-5-7-19(14)6-4-10(20)21/h1-3,5,7H,4,6H2,(H,20,21)(H,16,18,22). The Hall–Kier alpha value is -2.45. The van der Waals surface area contributed by atoms with Crippen LogP contribution in [0.3, 0.4) is 0 Å². The second-order valence-corrected chi connectivity index (χ2v) is 6.09. The van der Waals surface area contributed by atoms with Crippen molar-refractivity contribution in [1.82, 2.24) is 14.5 Å². The van der Waals surface area contributed by atoms with Crippen LogP contribution in [0.4, 0.5) is 5.95 Å². The van der Waals surface area contributed by atoms with Gasteiger partial charge in [-0.05, 0) is 12.1 Å². The number of aromatic nitrogens is 3. The van der Waals surface area contributed by atoms with Gasteiger partial charge in [-0.2, -0.15) is 0 Å². The van der Waals surface area contributed by atoms with Crippen LogP contribution in [0.15, 0.2) is 30.6 Å². The third kappa shape index (κ3) is 3.33. The number of hydrogen-bond acceptors (Lipinski definition) is 5. The van der Waals surface area contributed by atoms with Gasteiger partial charge in [0.15, 0.2) is 5.01 Å². The van der Waals surface area contributed by atoms with Crippen LogP contribution in [0.1, 0.15) is 16.2 Å². The Kier molecular flexibility index (Phi) is 4.26. The Morgan fingerprint density at radius 1 is 1.39 bits per heavy atom. The molecule has 0 radical (unpaired) electrons. The van der Waals surface area contributed by atoms with Crippen LogP contribution in [-0.2, 0) is 11.3 Å². The van der Waals surface area contributed by atoms with Gasteiger partial charge < -0.3 is 9.67 Å². The molecule has 1 amide bonds. The number of rotatable bonds is 5. The molecule has 0 saturated carbocycles.